The Morgan fingerprint density at radius 1 is 0.917 bits per heavy atom. The van der Waals surface area contributed by atoms with Gasteiger partial charge in [-0.1, -0.05) is 59.6 Å². The number of methoxy groups -OCH3 is 1. The first-order valence-electron chi connectivity index (χ1n) is 12.1. The van der Waals surface area contributed by atoms with E-state index in [-0.39, 0.29) is 11.8 Å². The van der Waals surface area contributed by atoms with Gasteiger partial charge >= 0.3 is 0 Å². The number of carbonyl (C=O) groups excluding carboxylic acids is 2. The van der Waals surface area contributed by atoms with Crippen LogP contribution in [0.1, 0.15) is 42.0 Å². The maximum absolute atomic E-state index is 13.6. The molecule has 188 valence electrons. The van der Waals surface area contributed by atoms with Crippen LogP contribution in [0.25, 0.3) is 0 Å². The highest BCUT2D eigenvalue weighted by Gasteiger charge is 2.35. The van der Waals surface area contributed by atoms with E-state index in [2.05, 4.69) is 5.32 Å². The summed E-state index contributed by atoms with van der Waals surface area (Å²) in [7, 11) is 1.63. The number of nitrogens with zero attached hydrogens (tertiary/aromatic N) is 1. The lowest BCUT2D eigenvalue weighted by Gasteiger charge is -2.32. The van der Waals surface area contributed by atoms with Crippen molar-refractivity contribution in [2.45, 2.75) is 38.3 Å². The number of benzene rings is 3. The molecule has 1 unspecified atom stereocenters. The van der Waals surface area contributed by atoms with Gasteiger partial charge < -0.3 is 15.0 Å². The van der Waals surface area contributed by atoms with Gasteiger partial charge in [0, 0.05) is 29.6 Å². The van der Waals surface area contributed by atoms with Crippen molar-refractivity contribution in [3.63, 3.8) is 0 Å². The Morgan fingerprint density at radius 3 is 2.08 bits per heavy atom. The molecule has 1 aliphatic carbocycles. The van der Waals surface area contributed by atoms with Crippen molar-refractivity contribution in [3.05, 3.63) is 99.5 Å². The number of amides is 2. The van der Waals surface area contributed by atoms with E-state index >= 15 is 0 Å². The highest BCUT2D eigenvalue weighted by molar-refractivity contribution is 6.30. The summed E-state index contributed by atoms with van der Waals surface area (Å²) < 4.78 is 5.22. The molecule has 36 heavy (non-hydrogen) atoms. The van der Waals surface area contributed by atoms with Crippen LogP contribution in [-0.2, 0) is 22.6 Å². The first-order valence-corrected chi connectivity index (χ1v) is 12.9. The van der Waals surface area contributed by atoms with Crippen molar-refractivity contribution in [1.82, 2.24) is 10.2 Å². The van der Waals surface area contributed by atoms with Gasteiger partial charge in [-0.2, -0.15) is 0 Å². The maximum Gasteiger partial charge on any atom is 0.247 e. The summed E-state index contributed by atoms with van der Waals surface area (Å²) in [5.41, 5.74) is 2.72. The van der Waals surface area contributed by atoms with E-state index in [1.165, 1.54) is 0 Å². The van der Waals surface area contributed by atoms with Gasteiger partial charge in [0.25, 0.3) is 0 Å². The lowest BCUT2D eigenvalue weighted by Crippen LogP contribution is -2.44. The molecule has 1 saturated carbocycles. The van der Waals surface area contributed by atoms with Crippen LogP contribution in [0.5, 0.6) is 5.75 Å². The molecule has 1 atom stereocenters. The smallest absolute Gasteiger partial charge is 0.247 e. The van der Waals surface area contributed by atoms with Gasteiger partial charge in [-0.05, 0) is 78.3 Å². The van der Waals surface area contributed by atoms with Crippen LogP contribution in [0.4, 0.5) is 0 Å². The minimum Gasteiger partial charge on any atom is -0.497 e. The maximum atomic E-state index is 13.6. The summed E-state index contributed by atoms with van der Waals surface area (Å²) in [5, 5.41) is 4.25. The Bertz CT molecular complexity index is 1160. The van der Waals surface area contributed by atoms with E-state index in [1.54, 1.807) is 36.3 Å². The van der Waals surface area contributed by atoms with Gasteiger partial charge in [0.05, 0.1) is 7.11 Å². The molecule has 0 aliphatic heterocycles. The van der Waals surface area contributed by atoms with E-state index in [0.29, 0.717) is 41.9 Å². The zero-order valence-corrected chi connectivity index (χ0v) is 21.8. The monoisotopic (exact) mass is 524 g/mol. The van der Waals surface area contributed by atoms with Crippen molar-refractivity contribution in [1.29, 1.82) is 0 Å². The van der Waals surface area contributed by atoms with Crippen LogP contribution in [0.3, 0.4) is 0 Å². The van der Waals surface area contributed by atoms with E-state index in [4.69, 9.17) is 27.9 Å². The highest BCUT2D eigenvalue weighted by atomic mass is 35.5. The summed E-state index contributed by atoms with van der Waals surface area (Å²) in [6.07, 6.45) is 3.04. The quantitative estimate of drug-likeness (QED) is 0.323. The molecular formula is C29H30Cl2N2O3. The SMILES string of the molecule is COc1ccc(CCC(=O)N(CC2CC2)C(C(=O)NCc2ccc(Cl)cc2)c2ccc(Cl)cc2)cc1. The van der Waals surface area contributed by atoms with Crippen molar-refractivity contribution in [3.8, 4) is 5.75 Å². The average molecular weight is 525 g/mol. The van der Waals surface area contributed by atoms with Crippen LogP contribution in [-0.4, -0.2) is 30.4 Å². The molecule has 1 N–H and O–H groups in total. The van der Waals surface area contributed by atoms with E-state index in [9.17, 15) is 9.59 Å². The second kappa shape index (κ2) is 12.3. The lowest BCUT2D eigenvalue weighted by molar-refractivity contribution is -0.141. The van der Waals surface area contributed by atoms with E-state index in [0.717, 1.165) is 35.3 Å². The molecule has 0 aromatic heterocycles. The minimum atomic E-state index is -0.737. The Labute approximate surface area is 222 Å². The number of aryl methyl sites for hydroxylation is 1. The summed E-state index contributed by atoms with van der Waals surface area (Å²) in [5.74, 6) is 0.944. The molecular weight excluding hydrogens is 495 g/mol. The van der Waals surface area contributed by atoms with Crippen LogP contribution in [0.15, 0.2) is 72.8 Å². The summed E-state index contributed by atoms with van der Waals surface area (Å²) in [6.45, 7) is 0.903. The van der Waals surface area contributed by atoms with Gasteiger partial charge in [0.2, 0.25) is 11.8 Å². The summed E-state index contributed by atoms with van der Waals surface area (Å²) in [4.78, 5) is 28.9. The number of halogens is 2. The number of carbonyl (C=O) groups is 2. The first kappa shape index (κ1) is 26.1. The van der Waals surface area contributed by atoms with Crippen molar-refractivity contribution >= 4 is 35.0 Å². The minimum absolute atomic E-state index is 0.0423. The Morgan fingerprint density at radius 2 is 1.50 bits per heavy atom. The topological polar surface area (TPSA) is 58.6 Å². The van der Waals surface area contributed by atoms with Gasteiger partial charge in [0.1, 0.15) is 11.8 Å². The third-order valence-corrected chi connectivity index (χ3v) is 6.89. The largest absolute Gasteiger partial charge is 0.497 e. The van der Waals surface area contributed by atoms with Crippen LogP contribution >= 0.6 is 23.2 Å². The van der Waals surface area contributed by atoms with Gasteiger partial charge in [-0.15, -0.1) is 0 Å². The highest BCUT2D eigenvalue weighted by Crippen LogP contribution is 2.34. The molecule has 7 heteroatoms. The first-order chi connectivity index (χ1) is 17.4. The third kappa shape index (κ3) is 7.25. The number of nitrogens with one attached hydrogen (secondary N) is 1. The van der Waals surface area contributed by atoms with Gasteiger partial charge in [0.15, 0.2) is 0 Å². The lowest BCUT2D eigenvalue weighted by atomic mass is 10.0. The molecule has 0 heterocycles. The molecule has 0 radical (unpaired) electrons. The fraction of sp³-hybridized carbons (Fsp3) is 0.310. The predicted octanol–water partition coefficient (Wildman–Crippen LogP) is 6.23. The number of ether oxygens (including phenoxy) is 1. The molecule has 1 aliphatic rings. The Kier molecular flexibility index (Phi) is 8.89. The predicted molar refractivity (Wildman–Crippen MR) is 143 cm³/mol. The van der Waals surface area contributed by atoms with E-state index < -0.39 is 6.04 Å². The van der Waals surface area contributed by atoms with Crippen LogP contribution in [0.2, 0.25) is 10.0 Å². The summed E-state index contributed by atoms with van der Waals surface area (Å²) >= 11 is 12.1. The fourth-order valence-electron chi connectivity index (χ4n) is 4.12. The number of hydrogen-bond acceptors (Lipinski definition) is 3. The fourth-order valence-corrected chi connectivity index (χ4v) is 4.37. The normalized spacial score (nSPS) is 13.6. The van der Waals surface area contributed by atoms with Gasteiger partial charge in [-0.25, -0.2) is 0 Å². The zero-order chi connectivity index (χ0) is 25.5. The third-order valence-electron chi connectivity index (χ3n) is 6.38. The Hall–Kier alpha value is -3.02. The zero-order valence-electron chi connectivity index (χ0n) is 20.3. The molecule has 0 spiro atoms. The second-order valence-corrected chi connectivity index (χ2v) is 10.0. The van der Waals surface area contributed by atoms with Gasteiger partial charge in [-0.3, -0.25) is 9.59 Å². The number of hydrogen-bond donors (Lipinski definition) is 1. The molecule has 0 saturated heterocycles. The molecule has 2 amide bonds. The van der Waals surface area contributed by atoms with Crippen LogP contribution < -0.4 is 10.1 Å². The average Bonchev–Trinajstić information content (AvgIpc) is 3.72. The molecule has 1 fully saturated rings. The van der Waals surface area contributed by atoms with E-state index in [1.807, 2.05) is 48.5 Å². The molecule has 0 bridgehead atoms. The standard InChI is InChI=1S/C29H30Cl2N2O3/c1-36-26-15-6-20(7-16-26)8-17-27(34)33(19-22-2-3-22)28(23-9-13-25(31)14-10-23)29(35)32-18-21-4-11-24(30)12-5-21/h4-7,9-16,22,28H,2-3,8,17-19H2,1H3,(H,32,35). The second-order valence-electron chi connectivity index (χ2n) is 9.14. The van der Waals surface area contributed by atoms with Crippen molar-refractivity contribution < 1.29 is 14.3 Å². The molecule has 5 nitrogen and oxygen atoms in total. The number of rotatable bonds is 11. The van der Waals surface area contributed by atoms with Crippen LogP contribution in [0, 0.1) is 5.92 Å². The molecule has 3 aromatic rings. The summed E-state index contributed by atoms with van der Waals surface area (Å²) in [6, 6.07) is 21.5. The molecule has 3 aromatic carbocycles. The Balaban J connectivity index is 1.53. The van der Waals surface area contributed by atoms with Crippen molar-refractivity contribution in [2.75, 3.05) is 13.7 Å². The van der Waals surface area contributed by atoms with Crippen molar-refractivity contribution in [2.24, 2.45) is 5.92 Å². The molecule has 4 rings (SSSR count).